The summed E-state index contributed by atoms with van der Waals surface area (Å²) in [7, 11) is 0. The second-order valence-corrected chi connectivity index (χ2v) is 16.3. The third-order valence-electron chi connectivity index (χ3n) is 12.5. The molecule has 3 aliphatic rings. The predicted molar refractivity (Wildman–Crippen MR) is 222 cm³/mol. The fraction of sp³-hybridized carbons (Fsp3) is 0.176. The molecule has 6 aromatic rings. The van der Waals surface area contributed by atoms with Crippen LogP contribution < -0.4 is 4.90 Å². The smallest absolute Gasteiger partial charge is 0.0543 e. The van der Waals surface area contributed by atoms with E-state index in [4.69, 9.17) is 0 Å². The van der Waals surface area contributed by atoms with E-state index in [0.29, 0.717) is 0 Å². The highest BCUT2D eigenvalue weighted by Crippen LogP contribution is 2.59. The molecule has 0 aromatic heterocycles. The van der Waals surface area contributed by atoms with Crippen molar-refractivity contribution in [2.24, 2.45) is 0 Å². The Kier molecular flexibility index (Phi) is 6.93. The van der Waals surface area contributed by atoms with Gasteiger partial charge in [0.25, 0.3) is 0 Å². The topological polar surface area (TPSA) is 3.24 Å². The van der Waals surface area contributed by atoms with Crippen molar-refractivity contribution in [3.63, 3.8) is 0 Å². The Hall–Kier alpha value is -5.66. The number of anilines is 3. The van der Waals surface area contributed by atoms with Crippen molar-refractivity contribution in [2.75, 3.05) is 4.90 Å². The first-order valence-electron chi connectivity index (χ1n) is 18.5. The molecule has 0 unspecified atom stereocenters. The molecule has 0 fully saturated rings. The van der Waals surface area contributed by atoms with Gasteiger partial charge in [-0.3, -0.25) is 0 Å². The quantitative estimate of drug-likeness (QED) is 0.170. The van der Waals surface area contributed by atoms with Gasteiger partial charge in [0.15, 0.2) is 0 Å². The van der Waals surface area contributed by atoms with Gasteiger partial charge in [-0.1, -0.05) is 152 Å². The first-order valence-corrected chi connectivity index (χ1v) is 18.5. The Morgan fingerprint density at radius 2 is 1.02 bits per heavy atom. The summed E-state index contributed by atoms with van der Waals surface area (Å²) in [4.78, 5) is 2.50. The van der Waals surface area contributed by atoms with Gasteiger partial charge in [-0.15, -0.1) is 0 Å². The molecular weight excluding hydrogens is 627 g/mol. The molecule has 6 aromatic carbocycles. The van der Waals surface area contributed by atoms with Crippen LogP contribution in [0.1, 0.15) is 74.9 Å². The van der Waals surface area contributed by atoms with E-state index in [9.17, 15) is 0 Å². The summed E-state index contributed by atoms with van der Waals surface area (Å²) in [5, 5.41) is 0. The van der Waals surface area contributed by atoms with Crippen molar-refractivity contribution in [3.05, 3.63) is 192 Å². The Bertz CT molecular complexity index is 2500. The molecule has 0 heterocycles. The largest absolute Gasteiger partial charge is 0.310 e. The molecular formula is C51H45N. The minimum Gasteiger partial charge on any atom is -0.310 e. The van der Waals surface area contributed by atoms with E-state index in [1.807, 2.05) is 12.2 Å². The fourth-order valence-corrected chi connectivity index (χ4v) is 9.64. The Morgan fingerprint density at radius 3 is 1.75 bits per heavy atom. The van der Waals surface area contributed by atoms with E-state index in [2.05, 4.69) is 187 Å². The SMILES string of the molecule is C=CC1=C(C=C)C(C)(C)c2cc3c(cc21)C(C)(C)c1cccc(N(c2ccc(-c4ccccc4)cc2)c2ccc4c(c2)C(C)(C)c2ccccc2-4)c1-3. The van der Waals surface area contributed by atoms with E-state index in [-0.39, 0.29) is 16.2 Å². The average Bonchev–Trinajstić information content (AvgIpc) is 3.63. The zero-order chi connectivity index (χ0) is 36.2. The Labute approximate surface area is 309 Å². The van der Waals surface area contributed by atoms with Crippen molar-refractivity contribution < 1.29 is 0 Å². The van der Waals surface area contributed by atoms with Gasteiger partial charge < -0.3 is 4.90 Å². The number of fused-ring (bicyclic) bond motifs is 7. The molecule has 1 nitrogen and oxygen atoms in total. The lowest BCUT2D eigenvalue weighted by atomic mass is 9.78. The summed E-state index contributed by atoms with van der Waals surface area (Å²) in [5.41, 5.74) is 21.3. The van der Waals surface area contributed by atoms with Gasteiger partial charge in [0.05, 0.1) is 5.69 Å². The summed E-state index contributed by atoms with van der Waals surface area (Å²) in [5.74, 6) is 0. The molecule has 52 heavy (non-hydrogen) atoms. The highest BCUT2D eigenvalue weighted by atomic mass is 15.1. The third kappa shape index (κ3) is 4.35. The van der Waals surface area contributed by atoms with Gasteiger partial charge in [0, 0.05) is 33.2 Å². The van der Waals surface area contributed by atoms with Crippen LogP contribution in [0, 0.1) is 0 Å². The van der Waals surface area contributed by atoms with Gasteiger partial charge in [-0.05, 0) is 115 Å². The van der Waals surface area contributed by atoms with Crippen LogP contribution in [0.25, 0.3) is 39.0 Å². The molecule has 1 heteroatoms. The normalized spacial score (nSPS) is 16.4. The Balaban J connectivity index is 1.28. The van der Waals surface area contributed by atoms with Crippen LogP contribution in [0.15, 0.2) is 158 Å². The monoisotopic (exact) mass is 671 g/mol. The highest BCUT2D eigenvalue weighted by molar-refractivity contribution is 5.98. The standard InChI is InChI=1S/C51H45N/c1-9-36-39-30-46-40(31-45(39)49(3,4)41(36)10-2)48-43(51(46,7)8)21-16-22-47(48)52(34-25-23-33(24-26-34)32-17-12-11-13-18-32)35-27-28-38-37-19-14-15-20-42(37)50(5,6)44(38)29-35/h9-31H,1-2H2,3-8H3. The number of allylic oxidation sites excluding steroid dienone is 4. The van der Waals surface area contributed by atoms with E-state index in [1.165, 1.54) is 83.6 Å². The van der Waals surface area contributed by atoms with Crippen LogP contribution in [0.3, 0.4) is 0 Å². The van der Waals surface area contributed by atoms with Gasteiger partial charge in [0.1, 0.15) is 0 Å². The number of hydrogen-bond donors (Lipinski definition) is 0. The zero-order valence-electron chi connectivity index (χ0n) is 31.1. The minimum atomic E-state index is -0.187. The maximum Gasteiger partial charge on any atom is 0.0543 e. The molecule has 0 saturated carbocycles. The molecule has 0 spiro atoms. The fourth-order valence-electron chi connectivity index (χ4n) is 9.64. The number of hydrogen-bond acceptors (Lipinski definition) is 1. The van der Waals surface area contributed by atoms with Crippen molar-refractivity contribution >= 4 is 22.6 Å². The van der Waals surface area contributed by atoms with Crippen LogP contribution in [0.2, 0.25) is 0 Å². The summed E-state index contributed by atoms with van der Waals surface area (Å²) in [6.45, 7) is 22.6. The molecule has 0 bridgehead atoms. The lowest BCUT2D eigenvalue weighted by molar-refractivity contribution is 0.647. The van der Waals surface area contributed by atoms with Crippen molar-refractivity contribution in [1.82, 2.24) is 0 Å². The third-order valence-corrected chi connectivity index (χ3v) is 12.5. The van der Waals surface area contributed by atoms with Crippen LogP contribution in [0.5, 0.6) is 0 Å². The predicted octanol–water partition coefficient (Wildman–Crippen LogP) is 13.9. The van der Waals surface area contributed by atoms with Gasteiger partial charge >= 0.3 is 0 Å². The lowest BCUT2D eigenvalue weighted by Gasteiger charge is -2.30. The second-order valence-electron chi connectivity index (χ2n) is 16.3. The first-order chi connectivity index (χ1) is 25.0. The van der Waals surface area contributed by atoms with Crippen molar-refractivity contribution in [2.45, 2.75) is 57.8 Å². The second kappa shape index (κ2) is 11.2. The summed E-state index contributed by atoms with van der Waals surface area (Å²) in [6, 6.07) is 47.6. The van der Waals surface area contributed by atoms with Crippen molar-refractivity contribution in [3.8, 4) is 33.4 Å². The number of benzene rings is 6. The molecule has 9 rings (SSSR count). The summed E-state index contributed by atoms with van der Waals surface area (Å²) >= 11 is 0. The highest BCUT2D eigenvalue weighted by Gasteiger charge is 2.43. The van der Waals surface area contributed by atoms with E-state index in [0.717, 1.165) is 11.4 Å². The summed E-state index contributed by atoms with van der Waals surface area (Å²) in [6.07, 6.45) is 4.05. The lowest BCUT2D eigenvalue weighted by Crippen LogP contribution is -2.18. The van der Waals surface area contributed by atoms with Crippen LogP contribution >= 0.6 is 0 Å². The van der Waals surface area contributed by atoms with E-state index >= 15 is 0 Å². The number of nitrogens with zero attached hydrogens (tertiary/aromatic N) is 1. The summed E-state index contributed by atoms with van der Waals surface area (Å²) < 4.78 is 0. The van der Waals surface area contributed by atoms with Crippen molar-refractivity contribution in [1.29, 1.82) is 0 Å². The molecule has 254 valence electrons. The Morgan fingerprint density at radius 1 is 0.442 bits per heavy atom. The van der Waals surface area contributed by atoms with E-state index in [1.54, 1.807) is 0 Å². The van der Waals surface area contributed by atoms with Gasteiger partial charge in [0.2, 0.25) is 0 Å². The zero-order valence-corrected chi connectivity index (χ0v) is 31.1. The molecule has 3 aliphatic carbocycles. The molecule has 0 atom stereocenters. The van der Waals surface area contributed by atoms with Crippen LogP contribution in [-0.4, -0.2) is 0 Å². The molecule has 0 saturated heterocycles. The molecule has 0 amide bonds. The van der Waals surface area contributed by atoms with Crippen LogP contribution in [0.4, 0.5) is 17.1 Å². The maximum absolute atomic E-state index is 4.24. The molecule has 0 aliphatic heterocycles. The molecule has 0 N–H and O–H groups in total. The number of rotatable bonds is 6. The first kappa shape index (κ1) is 32.3. The van der Waals surface area contributed by atoms with Gasteiger partial charge in [-0.2, -0.15) is 0 Å². The van der Waals surface area contributed by atoms with Gasteiger partial charge in [-0.25, -0.2) is 0 Å². The minimum absolute atomic E-state index is 0.108. The average molecular weight is 672 g/mol. The maximum atomic E-state index is 4.24. The van der Waals surface area contributed by atoms with Crippen LogP contribution in [-0.2, 0) is 16.2 Å². The van der Waals surface area contributed by atoms with E-state index < -0.39 is 0 Å². The molecule has 0 radical (unpaired) electrons.